The second-order valence-electron chi connectivity index (χ2n) is 5.21. The van der Waals surface area contributed by atoms with Gasteiger partial charge in [-0.15, -0.1) is 0 Å². The molecule has 0 unspecified atom stereocenters. The summed E-state index contributed by atoms with van der Waals surface area (Å²) < 4.78 is 5.71. The monoisotopic (exact) mass is 250 g/mol. The van der Waals surface area contributed by atoms with Crippen molar-refractivity contribution in [2.45, 2.75) is 50.9 Å². The van der Waals surface area contributed by atoms with Gasteiger partial charge in [0.05, 0.1) is 12.7 Å². The zero-order chi connectivity index (χ0) is 13.0. The van der Waals surface area contributed by atoms with E-state index in [0.29, 0.717) is 19.3 Å². The second-order valence-corrected chi connectivity index (χ2v) is 5.21. The highest BCUT2D eigenvalue weighted by atomic mass is 16.6. The summed E-state index contributed by atoms with van der Waals surface area (Å²) in [4.78, 5) is 0. The lowest BCUT2D eigenvalue weighted by molar-refractivity contribution is -0.230. The lowest BCUT2D eigenvalue weighted by atomic mass is 10.0. The van der Waals surface area contributed by atoms with Crippen molar-refractivity contribution in [3.63, 3.8) is 0 Å². The molecule has 100 valence electrons. The van der Waals surface area contributed by atoms with E-state index in [1.807, 2.05) is 31.2 Å². The minimum Gasteiger partial charge on any atom is -0.394 e. The van der Waals surface area contributed by atoms with Crippen molar-refractivity contribution in [3.05, 3.63) is 35.4 Å². The van der Waals surface area contributed by atoms with Crippen LogP contribution in [-0.2, 0) is 11.2 Å². The molecule has 0 aromatic heterocycles. The molecule has 0 spiro atoms. The SMILES string of the molecule is Cc1ccccc1C[C@H](CO)OC1(O)CCCC1. The van der Waals surface area contributed by atoms with Gasteiger partial charge >= 0.3 is 0 Å². The van der Waals surface area contributed by atoms with Crippen LogP contribution >= 0.6 is 0 Å². The predicted molar refractivity (Wildman–Crippen MR) is 70.3 cm³/mol. The van der Waals surface area contributed by atoms with Crippen LogP contribution in [0.25, 0.3) is 0 Å². The Labute approximate surface area is 108 Å². The molecule has 18 heavy (non-hydrogen) atoms. The van der Waals surface area contributed by atoms with Gasteiger partial charge in [0.1, 0.15) is 0 Å². The Bertz CT molecular complexity index is 383. The lowest BCUT2D eigenvalue weighted by Gasteiger charge is -2.28. The van der Waals surface area contributed by atoms with E-state index in [1.165, 1.54) is 5.56 Å². The molecule has 1 aromatic rings. The Hall–Kier alpha value is -0.900. The third-order valence-corrected chi connectivity index (χ3v) is 3.68. The van der Waals surface area contributed by atoms with Gasteiger partial charge < -0.3 is 14.9 Å². The molecule has 2 N–H and O–H groups in total. The zero-order valence-corrected chi connectivity index (χ0v) is 10.9. The number of ether oxygens (including phenoxy) is 1. The van der Waals surface area contributed by atoms with Crippen LogP contribution in [0.3, 0.4) is 0 Å². The van der Waals surface area contributed by atoms with Crippen molar-refractivity contribution >= 4 is 0 Å². The molecule has 1 saturated carbocycles. The average Bonchev–Trinajstić information content (AvgIpc) is 2.78. The molecule has 1 aliphatic rings. The van der Waals surface area contributed by atoms with Gasteiger partial charge in [0.15, 0.2) is 5.79 Å². The molecule has 0 bridgehead atoms. The molecule has 2 rings (SSSR count). The first kappa shape index (κ1) is 13.5. The van der Waals surface area contributed by atoms with E-state index in [0.717, 1.165) is 18.4 Å². The van der Waals surface area contributed by atoms with Gasteiger partial charge in [0.2, 0.25) is 0 Å². The maximum Gasteiger partial charge on any atom is 0.165 e. The predicted octanol–water partition coefficient (Wildman–Crippen LogP) is 2.18. The van der Waals surface area contributed by atoms with E-state index in [4.69, 9.17) is 4.74 Å². The van der Waals surface area contributed by atoms with Gasteiger partial charge in [-0.2, -0.15) is 0 Å². The Morgan fingerprint density at radius 3 is 2.56 bits per heavy atom. The van der Waals surface area contributed by atoms with E-state index in [9.17, 15) is 10.2 Å². The third kappa shape index (κ3) is 3.31. The normalized spacial score (nSPS) is 19.9. The minimum atomic E-state index is -1.02. The quantitative estimate of drug-likeness (QED) is 0.787. The van der Waals surface area contributed by atoms with Crippen molar-refractivity contribution in [1.29, 1.82) is 0 Å². The molecule has 3 nitrogen and oxygen atoms in total. The van der Waals surface area contributed by atoms with E-state index < -0.39 is 5.79 Å². The first-order valence-corrected chi connectivity index (χ1v) is 6.68. The van der Waals surface area contributed by atoms with E-state index >= 15 is 0 Å². The first-order valence-electron chi connectivity index (χ1n) is 6.68. The number of hydrogen-bond donors (Lipinski definition) is 2. The summed E-state index contributed by atoms with van der Waals surface area (Å²) in [5, 5.41) is 19.6. The van der Waals surface area contributed by atoms with Crippen molar-refractivity contribution < 1.29 is 14.9 Å². The van der Waals surface area contributed by atoms with E-state index in [2.05, 4.69) is 0 Å². The van der Waals surface area contributed by atoms with Crippen molar-refractivity contribution in [3.8, 4) is 0 Å². The highest BCUT2D eigenvalue weighted by molar-refractivity contribution is 5.26. The van der Waals surface area contributed by atoms with Crippen LogP contribution in [0.2, 0.25) is 0 Å². The standard InChI is InChI=1S/C15H22O3/c1-12-6-2-3-7-13(12)10-14(11-16)18-15(17)8-4-5-9-15/h2-3,6-7,14,16-17H,4-5,8-11H2,1H3/t14-/m1/s1. The molecule has 0 heterocycles. The van der Waals surface area contributed by atoms with E-state index in [1.54, 1.807) is 0 Å². The number of rotatable bonds is 5. The summed E-state index contributed by atoms with van der Waals surface area (Å²) >= 11 is 0. The number of aliphatic hydroxyl groups is 2. The molecule has 0 radical (unpaired) electrons. The summed E-state index contributed by atoms with van der Waals surface area (Å²) in [5.74, 6) is -1.02. The molecule has 1 fully saturated rings. The van der Waals surface area contributed by atoms with Crippen molar-refractivity contribution in [2.24, 2.45) is 0 Å². The van der Waals surface area contributed by atoms with Crippen LogP contribution in [0, 0.1) is 6.92 Å². The second kappa shape index (κ2) is 5.83. The fourth-order valence-corrected chi connectivity index (χ4v) is 2.58. The van der Waals surface area contributed by atoms with Crippen LogP contribution in [0.1, 0.15) is 36.8 Å². The summed E-state index contributed by atoms with van der Waals surface area (Å²) in [5.41, 5.74) is 2.36. The molecule has 3 heteroatoms. The Balaban J connectivity index is 1.99. The number of aryl methyl sites for hydroxylation is 1. The van der Waals surface area contributed by atoms with Gasteiger partial charge in [-0.05, 0) is 30.9 Å². The summed E-state index contributed by atoms with van der Waals surface area (Å²) in [6.45, 7) is 1.99. The molecule has 1 aliphatic carbocycles. The Kier molecular flexibility index (Phi) is 4.38. The molecule has 0 aliphatic heterocycles. The van der Waals surface area contributed by atoms with Gasteiger partial charge in [0.25, 0.3) is 0 Å². The summed E-state index contributed by atoms with van der Waals surface area (Å²) in [7, 11) is 0. The van der Waals surface area contributed by atoms with Gasteiger partial charge in [-0.3, -0.25) is 0 Å². The maximum atomic E-state index is 10.2. The van der Waals surface area contributed by atoms with Gasteiger partial charge in [-0.1, -0.05) is 24.3 Å². The first-order chi connectivity index (χ1) is 8.63. The molecule has 1 aromatic carbocycles. The zero-order valence-electron chi connectivity index (χ0n) is 10.9. The lowest BCUT2D eigenvalue weighted by Crippen LogP contribution is -2.36. The van der Waals surface area contributed by atoms with Gasteiger partial charge in [-0.25, -0.2) is 0 Å². The van der Waals surface area contributed by atoms with E-state index in [-0.39, 0.29) is 12.7 Å². The van der Waals surface area contributed by atoms with Crippen LogP contribution in [-0.4, -0.2) is 28.7 Å². The topological polar surface area (TPSA) is 49.7 Å². The molecular formula is C15H22O3. The minimum absolute atomic E-state index is 0.0589. The van der Waals surface area contributed by atoms with Crippen molar-refractivity contribution in [1.82, 2.24) is 0 Å². The number of benzene rings is 1. The molecular weight excluding hydrogens is 228 g/mol. The average molecular weight is 250 g/mol. The van der Waals surface area contributed by atoms with Crippen LogP contribution in [0.5, 0.6) is 0 Å². The fraction of sp³-hybridized carbons (Fsp3) is 0.600. The number of hydrogen-bond acceptors (Lipinski definition) is 3. The molecule has 1 atom stereocenters. The third-order valence-electron chi connectivity index (χ3n) is 3.68. The summed E-state index contributed by atoms with van der Waals surface area (Å²) in [6.07, 6.45) is 3.67. The Morgan fingerprint density at radius 2 is 1.94 bits per heavy atom. The van der Waals surface area contributed by atoms with Crippen LogP contribution < -0.4 is 0 Å². The number of aliphatic hydroxyl groups excluding tert-OH is 1. The fourth-order valence-electron chi connectivity index (χ4n) is 2.58. The van der Waals surface area contributed by atoms with Gasteiger partial charge in [0, 0.05) is 19.3 Å². The molecule has 0 saturated heterocycles. The van der Waals surface area contributed by atoms with Crippen molar-refractivity contribution in [2.75, 3.05) is 6.61 Å². The highest BCUT2D eigenvalue weighted by Gasteiger charge is 2.34. The van der Waals surface area contributed by atoms with Crippen LogP contribution in [0.15, 0.2) is 24.3 Å². The highest BCUT2D eigenvalue weighted by Crippen LogP contribution is 2.32. The Morgan fingerprint density at radius 1 is 1.28 bits per heavy atom. The molecule has 0 amide bonds. The van der Waals surface area contributed by atoms with Crippen LogP contribution in [0.4, 0.5) is 0 Å². The summed E-state index contributed by atoms with van der Waals surface area (Å²) in [6, 6.07) is 8.08. The largest absolute Gasteiger partial charge is 0.394 e. The maximum absolute atomic E-state index is 10.2. The smallest absolute Gasteiger partial charge is 0.165 e.